The number of amides is 1. The molecule has 6 nitrogen and oxygen atoms in total. The van der Waals surface area contributed by atoms with Crippen molar-refractivity contribution in [1.29, 1.82) is 0 Å². The van der Waals surface area contributed by atoms with Crippen LogP contribution in [0.4, 0.5) is 0 Å². The maximum Gasteiger partial charge on any atom is 0.276 e. The number of benzene rings is 2. The standard InChI is InChI=1S/C20H17BrN4O2S/c1-2-11-28-20-23-19(27)16-14-5-3-4-6-15(14)22-18(25(16)24-20)17(26)12-7-9-13(21)10-8-12/h3-10,18H,2,11H2,1H3,(H,23,24,27). The number of para-hydroxylation sites is 1. The SMILES string of the molecule is CCCSC1=NN2C(=c3ccccc3=NC2C(=O)c2ccc(Br)cc2)C(=O)N1. The number of fused-ring (bicyclic) bond motifs is 2. The minimum absolute atomic E-state index is 0.210. The number of hydrogen-bond acceptors (Lipinski definition) is 6. The maximum absolute atomic E-state index is 13.2. The number of hydrazone groups is 1. The summed E-state index contributed by atoms with van der Waals surface area (Å²) in [5, 5.41) is 10.6. The van der Waals surface area contributed by atoms with Crippen LogP contribution in [0.2, 0.25) is 0 Å². The summed E-state index contributed by atoms with van der Waals surface area (Å²) in [4.78, 5) is 30.7. The first kappa shape index (κ1) is 18.9. The number of carbonyl (C=O) groups excluding carboxylic acids is 2. The van der Waals surface area contributed by atoms with Crippen LogP contribution < -0.4 is 15.9 Å². The van der Waals surface area contributed by atoms with E-state index >= 15 is 0 Å². The number of thioether (sulfide) groups is 1. The van der Waals surface area contributed by atoms with Crippen molar-refractivity contribution in [2.24, 2.45) is 10.1 Å². The van der Waals surface area contributed by atoms with E-state index in [0.29, 0.717) is 27.0 Å². The Kier molecular flexibility index (Phi) is 5.32. The van der Waals surface area contributed by atoms with Crippen LogP contribution in [0.15, 0.2) is 63.1 Å². The van der Waals surface area contributed by atoms with Gasteiger partial charge in [-0.3, -0.25) is 14.9 Å². The lowest BCUT2D eigenvalue weighted by Crippen LogP contribution is -2.54. The average Bonchev–Trinajstić information content (AvgIpc) is 2.71. The summed E-state index contributed by atoms with van der Waals surface area (Å²) < 4.78 is 0.885. The molecular weight excluding hydrogens is 440 g/mol. The summed E-state index contributed by atoms with van der Waals surface area (Å²) in [5.74, 6) is 0.337. The Morgan fingerprint density at radius 3 is 2.71 bits per heavy atom. The molecule has 8 heteroatoms. The number of rotatable bonds is 4. The molecule has 1 N–H and O–H groups in total. The minimum Gasteiger partial charge on any atom is -0.298 e. The van der Waals surface area contributed by atoms with E-state index in [1.165, 1.54) is 16.8 Å². The fourth-order valence-corrected chi connectivity index (χ4v) is 4.00. The van der Waals surface area contributed by atoms with Crippen LogP contribution in [0.25, 0.3) is 5.70 Å². The Balaban J connectivity index is 1.84. The van der Waals surface area contributed by atoms with Crippen LogP contribution in [-0.4, -0.2) is 33.8 Å². The van der Waals surface area contributed by atoms with Gasteiger partial charge in [0.25, 0.3) is 5.91 Å². The number of halogens is 1. The van der Waals surface area contributed by atoms with Gasteiger partial charge < -0.3 is 0 Å². The van der Waals surface area contributed by atoms with E-state index in [0.717, 1.165) is 16.6 Å². The van der Waals surface area contributed by atoms with E-state index in [1.807, 2.05) is 30.3 Å². The van der Waals surface area contributed by atoms with E-state index < -0.39 is 6.17 Å². The second-order valence-electron chi connectivity index (χ2n) is 6.29. The Morgan fingerprint density at radius 2 is 1.96 bits per heavy atom. The van der Waals surface area contributed by atoms with Gasteiger partial charge in [-0.2, -0.15) is 0 Å². The summed E-state index contributed by atoms with van der Waals surface area (Å²) in [7, 11) is 0. The summed E-state index contributed by atoms with van der Waals surface area (Å²) >= 11 is 4.83. The molecule has 2 aliphatic heterocycles. The predicted molar refractivity (Wildman–Crippen MR) is 113 cm³/mol. The zero-order valence-electron chi connectivity index (χ0n) is 15.1. The van der Waals surface area contributed by atoms with Gasteiger partial charge in [0.15, 0.2) is 5.17 Å². The summed E-state index contributed by atoms with van der Waals surface area (Å²) in [6, 6.07) is 14.4. The fraction of sp³-hybridized carbons (Fsp3) is 0.200. The average molecular weight is 457 g/mol. The number of nitrogens with one attached hydrogen (secondary N) is 1. The second-order valence-corrected chi connectivity index (χ2v) is 8.29. The first-order valence-electron chi connectivity index (χ1n) is 8.87. The van der Waals surface area contributed by atoms with Gasteiger partial charge in [0.05, 0.1) is 5.36 Å². The van der Waals surface area contributed by atoms with Gasteiger partial charge in [0.1, 0.15) is 5.70 Å². The van der Waals surface area contributed by atoms with Crippen LogP contribution >= 0.6 is 27.7 Å². The minimum atomic E-state index is -0.922. The van der Waals surface area contributed by atoms with Crippen LogP contribution in [0.5, 0.6) is 0 Å². The molecule has 2 aromatic rings. The molecule has 0 bridgehead atoms. The molecule has 0 spiro atoms. The maximum atomic E-state index is 13.2. The molecule has 0 fully saturated rings. The van der Waals surface area contributed by atoms with Gasteiger partial charge in [-0.05, 0) is 24.6 Å². The number of ketones is 1. The molecule has 2 aromatic carbocycles. The van der Waals surface area contributed by atoms with E-state index in [4.69, 9.17) is 0 Å². The smallest absolute Gasteiger partial charge is 0.276 e. The fourth-order valence-electron chi connectivity index (χ4n) is 3.03. The highest BCUT2D eigenvalue weighted by Gasteiger charge is 2.37. The molecule has 0 aromatic heterocycles. The molecule has 4 rings (SSSR count). The van der Waals surface area contributed by atoms with Crippen molar-refractivity contribution in [3.05, 3.63) is 69.1 Å². The van der Waals surface area contributed by atoms with Crippen LogP contribution in [0.1, 0.15) is 23.7 Å². The van der Waals surface area contributed by atoms with Gasteiger partial charge in [0.2, 0.25) is 11.9 Å². The van der Waals surface area contributed by atoms with Gasteiger partial charge in [-0.25, -0.2) is 10.0 Å². The topological polar surface area (TPSA) is 74.1 Å². The molecule has 1 atom stereocenters. The third-order valence-electron chi connectivity index (χ3n) is 4.32. The predicted octanol–water partition coefficient (Wildman–Crippen LogP) is 2.25. The third kappa shape index (κ3) is 3.49. The van der Waals surface area contributed by atoms with Crippen LogP contribution in [0.3, 0.4) is 0 Å². The molecule has 0 saturated heterocycles. The van der Waals surface area contributed by atoms with Crippen molar-refractivity contribution >= 4 is 50.2 Å². The molecule has 0 saturated carbocycles. The Bertz CT molecular complexity index is 1100. The Labute approximate surface area is 174 Å². The van der Waals surface area contributed by atoms with Crippen LogP contribution in [0, 0.1) is 0 Å². The van der Waals surface area contributed by atoms with Crippen molar-refractivity contribution in [3.63, 3.8) is 0 Å². The first-order valence-corrected chi connectivity index (χ1v) is 10.7. The zero-order valence-corrected chi connectivity index (χ0v) is 17.5. The van der Waals surface area contributed by atoms with Crippen molar-refractivity contribution in [2.45, 2.75) is 19.5 Å². The van der Waals surface area contributed by atoms with Crippen molar-refractivity contribution < 1.29 is 9.59 Å². The Hall–Kier alpha value is -2.45. The highest BCUT2D eigenvalue weighted by atomic mass is 79.9. The lowest BCUT2D eigenvalue weighted by molar-refractivity contribution is -0.115. The van der Waals surface area contributed by atoms with Gasteiger partial charge in [0, 0.05) is 21.0 Å². The second kappa shape index (κ2) is 7.89. The number of amidine groups is 1. The normalized spacial score (nSPS) is 17.9. The summed E-state index contributed by atoms with van der Waals surface area (Å²) in [6.45, 7) is 2.06. The number of carbonyl (C=O) groups is 2. The molecule has 0 radical (unpaired) electrons. The third-order valence-corrected chi connectivity index (χ3v) is 5.92. The molecule has 2 heterocycles. The zero-order chi connectivity index (χ0) is 19.7. The van der Waals surface area contributed by atoms with Crippen molar-refractivity contribution in [3.8, 4) is 0 Å². The van der Waals surface area contributed by atoms with Crippen molar-refractivity contribution in [2.75, 3.05) is 5.75 Å². The highest BCUT2D eigenvalue weighted by Crippen LogP contribution is 2.23. The number of Topliss-reactive ketones (excluding diaryl/α,β-unsaturated/α-hetero) is 1. The van der Waals surface area contributed by atoms with Gasteiger partial charge >= 0.3 is 0 Å². The lowest BCUT2D eigenvalue weighted by atomic mass is 10.1. The van der Waals surface area contributed by atoms with Crippen LogP contribution in [-0.2, 0) is 4.79 Å². The number of hydrogen-bond donors (Lipinski definition) is 1. The monoisotopic (exact) mass is 456 g/mol. The number of nitrogens with zero attached hydrogens (tertiary/aromatic N) is 3. The lowest BCUT2D eigenvalue weighted by Gasteiger charge is -2.33. The van der Waals surface area contributed by atoms with E-state index in [2.05, 4.69) is 38.3 Å². The van der Waals surface area contributed by atoms with E-state index in [1.54, 1.807) is 18.2 Å². The molecule has 0 aliphatic carbocycles. The summed E-state index contributed by atoms with van der Waals surface area (Å²) in [6.07, 6.45) is 0.0271. The molecule has 28 heavy (non-hydrogen) atoms. The molecule has 1 amide bonds. The quantitative estimate of drug-likeness (QED) is 0.715. The molecular formula is C20H17BrN4O2S. The van der Waals surface area contributed by atoms with Gasteiger partial charge in [-0.15, -0.1) is 5.10 Å². The van der Waals surface area contributed by atoms with Gasteiger partial charge in [-0.1, -0.05) is 64.9 Å². The van der Waals surface area contributed by atoms with E-state index in [-0.39, 0.29) is 11.7 Å². The Morgan fingerprint density at radius 1 is 1.21 bits per heavy atom. The highest BCUT2D eigenvalue weighted by molar-refractivity contribution is 9.10. The molecule has 1 unspecified atom stereocenters. The molecule has 142 valence electrons. The molecule has 2 aliphatic rings. The van der Waals surface area contributed by atoms with E-state index in [9.17, 15) is 9.59 Å². The first-order chi connectivity index (χ1) is 13.6. The largest absolute Gasteiger partial charge is 0.298 e. The summed E-state index contributed by atoms with van der Waals surface area (Å²) in [5.41, 5.74) is 0.863. The van der Waals surface area contributed by atoms with Crippen molar-refractivity contribution in [1.82, 2.24) is 10.3 Å².